The molecule has 3 heteroatoms. The predicted octanol–water partition coefficient (Wildman–Crippen LogP) is 3.91. The fraction of sp³-hybridized carbons (Fsp3) is 0.538. The Morgan fingerprint density at radius 1 is 1.19 bits per heavy atom. The van der Waals surface area contributed by atoms with Gasteiger partial charge in [-0.15, -0.1) is 0 Å². The number of thioether (sulfide) groups is 1. The van der Waals surface area contributed by atoms with Crippen LogP contribution in [0, 0.1) is 5.82 Å². The van der Waals surface area contributed by atoms with Crippen molar-refractivity contribution >= 4 is 17.4 Å². The summed E-state index contributed by atoms with van der Waals surface area (Å²) in [5, 5.41) is 4.19. The zero-order valence-corrected chi connectivity index (χ0v) is 10.2. The molecule has 0 amide bonds. The van der Waals surface area contributed by atoms with Gasteiger partial charge in [-0.05, 0) is 37.1 Å². The van der Waals surface area contributed by atoms with Crippen LogP contribution in [0.4, 0.5) is 10.1 Å². The van der Waals surface area contributed by atoms with Crippen LogP contribution >= 0.6 is 11.8 Å². The van der Waals surface area contributed by atoms with Gasteiger partial charge in [0.1, 0.15) is 5.82 Å². The molecule has 0 heterocycles. The van der Waals surface area contributed by atoms with Crippen molar-refractivity contribution in [1.29, 1.82) is 0 Å². The van der Waals surface area contributed by atoms with Crippen molar-refractivity contribution in [3.63, 3.8) is 0 Å². The molecule has 1 N–H and O–H groups in total. The Kier molecular flexibility index (Phi) is 4.52. The van der Waals surface area contributed by atoms with Gasteiger partial charge in [0.15, 0.2) is 0 Å². The summed E-state index contributed by atoms with van der Waals surface area (Å²) in [6, 6.07) is 6.56. The quantitative estimate of drug-likeness (QED) is 0.782. The largest absolute Gasteiger partial charge is 0.384 e. The molecule has 0 aromatic heterocycles. The van der Waals surface area contributed by atoms with Gasteiger partial charge in [-0.3, -0.25) is 0 Å². The Hall–Kier alpha value is -0.700. The SMILES string of the molecule is Fc1ccc(NCCSC2CCCC2)cc1. The smallest absolute Gasteiger partial charge is 0.123 e. The van der Waals surface area contributed by atoms with Crippen molar-refractivity contribution in [3.8, 4) is 0 Å². The first kappa shape index (κ1) is 11.8. The number of nitrogens with one attached hydrogen (secondary N) is 1. The molecule has 1 nitrogen and oxygen atoms in total. The van der Waals surface area contributed by atoms with Crippen LogP contribution in [-0.2, 0) is 0 Å². The molecule has 1 aliphatic rings. The second-order valence-electron chi connectivity index (χ2n) is 4.21. The molecule has 0 saturated heterocycles. The van der Waals surface area contributed by atoms with Gasteiger partial charge in [0.2, 0.25) is 0 Å². The van der Waals surface area contributed by atoms with Gasteiger partial charge in [-0.1, -0.05) is 12.8 Å². The molecule has 1 aliphatic carbocycles. The third-order valence-electron chi connectivity index (χ3n) is 2.93. The molecule has 1 aromatic rings. The number of anilines is 1. The van der Waals surface area contributed by atoms with E-state index in [2.05, 4.69) is 17.1 Å². The first-order chi connectivity index (χ1) is 7.84. The van der Waals surface area contributed by atoms with E-state index in [1.165, 1.54) is 37.8 Å². The Bertz CT molecular complexity index is 306. The van der Waals surface area contributed by atoms with Crippen LogP contribution < -0.4 is 5.32 Å². The van der Waals surface area contributed by atoms with Gasteiger partial charge in [0.05, 0.1) is 0 Å². The van der Waals surface area contributed by atoms with E-state index >= 15 is 0 Å². The Balaban J connectivity index is 1.62. The van der Waals surface area contributed by atoms with Gasteiger partial charge in [0.25, 0.3) is 0 Å². The van der Waals surface area contributed by atoms with Crippen molar-refractivity contribution in [2.45, 2.75) is 30.9 Å². The fourth-order valence-corrected chi connectivity index (χ4v) is 3.26. The monoisotopic (exact) mass is 239 g/mol. The summed E-state index contributed by atoms with van der Waals surface area (Å²) in [6.07, 6.45) is 5.59. The molecular formula is C13H18FNS. The highest BCUT2D eigenvalue weighted by Gasteiger charge is 2.14. The minimum absolute atomic E-state index is 0.175. The van der Waals surface area contributed by atoms with E-state index in [9.17, 15) is 4.39 Å². The van der Waals surface area contributed by atoms with E-state index in [0.29, 0.717) is 0 Å². The van der Waals surface area contributed by atoms with Crippen LogP contribution in [0.2, 0.25) is 0 Å². The van der Waals surface area contributed by atoms with Gasteiger partial charge < -0.3 is 5.32 Å². The van der Waals surface area contributed by atoms with Crippen LogP contribution in [0.3, 0.4) is 0 Å². The molecular weight excluding hydrogens is 221 g/mol. The number of hydrogen-bond donors (Lipinski definition) is 1. The second kappa shape index (κ2) is 6.14. The average Bonchev–Trinajstić information content (AvgIpc) is 2.80. The van der Waals surface area contributed by atoms with E-state index in [1.54, 1.807) is 12.1 Å². The molecule has 0 spiro atoms. The summed E-state index contributed by atoms with van der Waals surface area (Å²) in [7, 11) is 0. The Morgan fingerprint density at radius 3 is 2.56 bits per heavy atom. The highest BCUT2D eigenvalue weighted by Crippen LogP contribution is 2.29. The Morgan fingerprint density at radius 2 is 1.88 bits per heavy atom. The van der Waals surface area contributed by atoms with Crippen molar-refractivity contribution in [3.05, 3.63) is 30.1 Å². The maximum Gasteiger partial charge on any atom is 0.123 e. The zero-order valence-electron chi connectivity index (χ0n) is 9.42. The molecule has 1 saturated carbocycles. The predicted molar refractivity (Wildman–Crippen MR) is 69.6 cm³/mol. The lowest BCUT2D eigenvalue weighted by Gasteiger charge is -2.09. The summed E-state index contributed by atoms with van der Waals surface area (Å²) >= 11 is 2.07. The fourth-order valence-electron chi connectivity index (χ4n) is 2.04. The molecule has 0 unspecified atom stereocenters. The summed E-state index contributed by atoms with van der Waals surface area (Å²) in [5.74, 6) is 0.966. The second-order valence-corrected chi connectivity index (χ2v) is 5.62. The lowest BCUT2D eigenvalue weighted by molar-refractivity contribution is 0.628. The number of hydrogen-bond acceptors (Lipinski definition) is 2. The lowest BCUT2D eigenvalue weighted by Crippen LogP contribution is -2.07. The molecule has 1 fully saturated rings. The molecule has 2 rings (SSSR count). The van der Waals surface area contributed by atoms with Crippen molar-refractivity contribution in [1.82, 2.24) is 0 Å². The van der Waals surface area contributed by atoms with Gasteiger partial charge in [-0.25, -0.2) is 4.39 Å². The molecule has 0 atom stereocenters. The normalized spacial score (nSPS) is 16.6. The van der Waals surface area contributed by atoms with E-state index in [0.717, 1.165) is 23.2 Å². The summed E-state index contributed by atoms with van der Waals surface area (Å²) in [4.78, 5) is 0. The third-order valence-corrected chi connectivity index (χ3v) is 4.31. The minimum Gasteiger partial charge on any atom is -0.384 e. The van der Waals surface area contributed by atoms with E-state index < -0.39 is 0 Å². The average molecular weight is 239 g/mol. The first-order valence-electron chi connectivity index (χ1n) is 5.95. The van der Waals surface area contributed by atoms with Crippen LogP contribution in [0.25, 0.3) is 0 Å². The van der Waals surface area contributed by atoms with Gasteiger partial charge >= 0.3 is 0 Å². The van der Waals surface area contributed by atoms with E-state index in [4.69, 9.17) is 0 Å². The van der Waals surface area contributed by atoms with Crippen molar-refractivity contribution in [2.24, 2.45) is 0 Å². The topological polar surface area (TPSA) is 12.0 Å². The summed E-state index contributed by atoms with van der Waals surface area (Å²) in [5.41, 5.74) is 1.01. The lowest BCUT2D eigenvalue weighted by atomic mass is 10.3. The summed E-state index contributed by atoms with van der Waals surface area (Å²) < 4.78 is 12.6. The van der Waals surface area contributed by atoms with Crippen molar-refractivity contribution < 1.29 is 4.39 Å². The Labute approximate surface area is 101 Å². The van der Waals surface area contributed by atoms with Crippen molar-refractivity contribution in [2.75, 3.05) is 17.6 Å². The molecule has 0 aliphatic heterocycles. The minimum atomic E-state index is -0.175. The zero-order chi connectivity index (χ0) is 11.2. The summed E-state index contributed by atoms with van der Waals surface area (Å²) in [6.45, 7) is 0.965. The third kappa shape index (κ3) is 3.71. The number of benzene rings is 1. The number of rotatable bonds is 5. The van der Waals surface area contributed by atoms with E-state index in [1.807, 2.05) is 0 Å². The standard InChI is InChI=1S/C13H18FNS/c14-11-5-7-12(8-6-11)15-9-10-16-13-3-1-2-4-13/h5-8,13,15H,1-4,9-10H2. The number of halogens is 1. The molecule has 16 heavy (non-hydrogen) atoms. The van der Waals surface area contributed by atoms with Gasteiger partial charge in [-0.2, -0.15) is 11.8 Å². The maximum absolute atomic E-state index is 12.6. The van der Waals surface area contributed by atoms with Gasteiger partial charge in [0, 0.05) is 23.2 Å². The van der Waals surface area contributed by atoms with Crippen LogP contribution in [0.5, 0.6) is 0 Å². The van der Waals surface area contributed by atoms with E-state index in [-0.39, 0.29) is 5.82 Å². The first-order valence-corrected chi connectivity index (χ1v) is 7.00. The molecule has 0 bridgehead atoms. The van der Waals surface area contributed by atoms with Crippen LogP contribution in [0.15, 0.2) is 24.3 Å². The molecule has 1 aromatic carbocycles. The molecule has 88 valence electrons. The molecule has 0 radical (unpaired) electrons. The highest BCUT2D eigenvalue weighted by atomic mass is 32.2. The van der Waals surface area contributed by atoms with Crippen LogP contribution in [0.1, 0.15) is 25.7 Å². The highest BCUT2D eigenvalue weighted by molar-refractivity contribution is 7.99. The maximum atomic E-state index is 12.6. The van der Waals surface area contributed by atoms with Crippen LogP contribution in [-0.4, -0.2) is 17.5 Å².